The molecule has 0 spiro atoms. The van der Waals surface area contributed by atoms with Crippen molar-refractivity contribution in [2.45, 2.75) is 53.2 Å². The predicted octanol–water partition coefficient (Wildman–Crippen LogP) is 3.48. The van der Waals surface area contributed by atoms with E-state index in [9.17, 15) is 0 Å². The molecule has 0 saturated heterocycles. The van der Waals surface area contributed by atoms with Crippen molar-refractivity contribution in [1.82, 2.24) is 0 Å². The summed E-state index contributed by atoms with van der Waals surface area (Å²) in [6.45, 7) is 9.41. The zero-order chi connectivity index (χ0) is 10.6. The average molecular weight is 198 g/mol. The summed E-state index contributed by atoms with van der Waals surface area (Å²) in [6.07, 6.45) is 5.37. The third-order valence-corrected chi connectivity index (χ3v) is 2.41. The van der Waals surface area contributed by atoms with Crippen molar-refractivity contribution in [2.24, 2.45) is 5.41 Å². The normalized spacial score (nSPS) is 25.4. The van der Waals surface area contributed by atoms with E-state index in [0.29, 0.717) is 0 Å². The number of ether oxygens (including phenoxy) is 2. The molecule has 0 saturated carbocycles. The van der Waals surface area contributed by atoms with Gasteiger partial charge in [-0.2, -0.15) is 0 Å². The van der Waals surface area contributed by atoms with Gasteiger partial charge in [0.25, 0.3) is 0 Å². The largest absolute Gasteiger partial charge is 0.470 e. The molecule has 0 bridgehead atoms. The predicted molar refractivity (Wildman–Crippen MR) is 57.9 cm³/mol. The Bertz CT molecular complexity index is 206. The van der Waals surface area contributed by atoms with E-state index in [1.54, 1.807) is 0 Å². The van der Waals surface area contributed by atoms with Crippen molar-refractivity contribution in [3.8, 4) is 0 Å². The third kappa shape index (κ3) is 3.70. The lowest BCUT2D eigenvalue weighted by Gasteiger charge is -2.33. The number of hydrogen-bond acceptors (Lipinski definition) is 2. The molecular weight excluding hydrogens is 176 g/mol. The molecule has 0 fully saturated rings. The maximum absolute atomic E-state index is 5.67. The fourth-order valence-corrected chi connectivity index (χ4v) is 1.77. The Morgan fingerprint density at radius 2 is 2.29 bits per heavy atom. The SMILES string of the molecule is CCCCOC1CC(C)(C)C=C(C)O1. The first kappa shape index (κ1) is 11.6. The van der Waals surface area contributed by atoms with Crippen molar-refractivity contribution < 1.29 is 9.47 Å². The highest BCUT2D eigenvalue weighted by molar-refractivity contribution is 5.03. The van der Waals surface area contributed by atoms with Crippen LogP contribution >= 0.6 is 0 Å². The number of hydrogen-bond donors (Lipinski definition) is 0. The summed E-state index contributed by atoms with van der Waals surface area (Å²) in [6, 6.07) is 0. The van der Waals surface area contributed by atoms with Gasteiger partial charge in [0.1, 0.15) is 0 Å². The lowest BCUT2D eigenvalue weighted by molar-refractivity contribution is -0.141. The fraction of sp³-hybridized carbons (Fsp3) is 0.833. The lowest BCUT2D eigenvalue weighted by atomic mass is 9.87. The van der Waals surface area contributed by atoms with E-state index in [0.717, 1.165) is 25.2 Å². The van der Waals surface area contributed by atoms with Gasteiger partial charge in [-0.3, -0.25) is 0 Å². The Morgan fingerprint density at radius 1 is 1.57 bits per heavy atom. The second kappa shape index (κ2) is 4.83. The topological polar surface area (TPSA) is 18.5 Å². The van der Waals surface area contributed by atoms with Gasteiger partial charge >= 0.3 is 0 Å². The van der Waals surface area contributed by atoms with Gasteiger partial charge in [0, 0.05) is 6.42 Å². The third-order valence-electron chi connectivity index (χ3n) is 2.41. The van der Waals surface area contributed by atoms with Crippen LogP contribution in [0.1, 0.15) is 47.0 Å². The van der Waals surface area contributed by atoms with E-state index >= 15 is 0 Å². The monoisotopic (exact) mass is 198 g/mol. The van der Waals surface area contributed by atoms with Crippen LogP contribution in [0.2, 0.25) is 0 Å². The molecule has 2 heteroatoms. The fourth-order valence-electron chi connectivity index (χ4n) is 1.77. The molecule has 1 rings (SSSR count). The number of unbranched alkanes of at least 4 members (excludes halogenated alkanes) is 1. The first-order valence-electron chi connectivity index (χ1n) is 5.51. The van der Waals surface area contributed by atoms with Gasteiger partial charge in [0.2, 0.25) is 0 Å². The van der Waals surface area contributed by atoms with Crippen LogP contribution in [0.3, 0.4) is 0 Å². The standard InChI is InChI=1S/C12H22O2/c1-5-6-7-13-11-9-12(3,4)8-10(2)14-11/h8,11H,5-7,9H2,1-4H3. The van der Waals surface area contributed by atoms with Crippen LogP contribution in [0.4, 0.5) is 0 Å². The highest BCUT2D eigenvalue weighted by Crippen LogP contribution is 2.32. The van der Waals surface area contributed by atoms with Crippen LogP contribution in [0.5, 0.6) is 0 Å². The second-order valence-electron chi connectivity index (χ2n) is 4.72. The van der Waals surface area contributed by atoms with Gasteiger partial charge < -0.3 is 9.47 Å². The minimum Gasteiger partial charge on any atom is -0.470 e. The van der Waals surface area contributed by atoms with E-state index in [-0.39, 0.29) is 11.7 Å². The molecule has 1 aliphatic heterocycles. The molecule has 0 aromatic rings. The summed E-state index contributed by atoms with van der Waals surface area (Å²) in [4.78, 5) is 0. The Morgan fingerprint density at radius 3 is 2.86 bits per heavy atom. The molecule has 1 atom stereocenters. The smallest absolute Gasteiger partial charge is 0.200 e. The minimum absolute atomic E-state index is 0.0402. The molecule has 0 N–H and O–H groups in total. The van der Waals surface area contributed by atoms with Gasteiger partial charge in [-0.15, -0.1) is 0 Å². The highest BCUT2D eigenvalue weighted by Gasteiger charge is 2.27. The zero-order valence-corrected chi connectivity index (χ0v) is 9.80. The van der Waals surface area contributed by atoms with E-state index in [2.05, 4.69) is 26.8 Å². The van der Waals surface area contributed by atoms with Crippen molar-refractivity contribution in [1.29, 1.82) is 0 Å². The Balaban J connectivity index is 2.39. The minimum atomic E-state index is -0.0402. The summed E-state index contributed by atoms with van der Waals surface area (Å²) >= 11 is 0. The van der Waals surface area contributed by atoms with E-state index in [1.165, 1.54) is 6.42 Å². The Kier molecular flexibility index (Phi) is 3.99. The van der Waals surface area contributed by atoms with Gasteiger partial charge in [0.05, 0.1) is 12.4 Å². The van der Waals surface area contributed by atoms with E-state index in [1.807, 2.05) is 6.92 Å². The van der Waals surface area contributed by atoms with E-state index in [4.69, 9.17) is 9.47 Å². The maximum Gasteiger partial charge on any atom is 0.200 e. The van der Waals surface area contributed by atoms with Gasteiger partial charge in [0.15, 0.2) is 6.29 Å². The van der Waals surface area contributed by atoms with Crippen LogP contribution < -0.4 is 0 Å². The molecule has 0 aromatic heterocycles. The zero-order valence-electron chi connectivity index (χ0n) is 9.80. The summed E-state index contributed by atoms with van der Waals surface area (Å²) in [5, 5.41) is 0. The molecule has 14 heavy (non-hydrogen) atoms. The van der Waals surface area contributed by atoms with Crippen LogP contribution in [0.25, 0.3) is 0 Å². The van der Waals surface area contributed by atoms with Crippen molar-refractivity contribution in [3.63, 3.8) is 0 Å². The lowest BCUT2D eigenvalue weighted by Crippen LogP contribution is -2.29. The number of rotatable bonds is 4. The molecule has 2 nitrogen and oxygen atoms in total. The molecule has 1 unspecified atom stereocenters. The molecule has 0 aromatic carbocycles. The Labute approximate surface area is 87.3 Å². The van der Waals surface area contributed by atoms with Crippen molar-refractivity contribution in [3.05, 3.63) is 11.8 Å². The summed E-state index contributed by atoms with van der Waals surface area (Å²) < 4.78 is 11.3. The molecule has 0 aliphatic carbocycles. The van der Waals surface area contributed by atoms with Crippen molar-refractivity contribution >= 4 is 0 Å². The van der Waals surface area contributed by atoms with Gasteiger partial charge in [-0.05, 0) is 24.8 Å². The first-order valence-corrected chi connectivity index (χ1v) is 5.51. The van der Waals surface area contributed by atoms with Crippen LogP contribution in [0, 0.1) is 5.41 Å². The number of allylic oxidation sites excluding steroid dienone is 2. The molecule has 82 valence electrons. The van der Waals surface area contributed by atoms with Crippen LogP contribution in [0.15, 0.2) is 11.8 Å². The van der Waals surface area contributed by atoms with Crippen molar-refractivity contribution in [2.75, 3.05) is 6.61 Å². The quantitative estimate of drug-likeness (QED) is 0.644. The highest BCUT2D eigenvalue weighted by atomic mass is 16.7. The average Bonchev–Trinajstić information content (AvgIpc) is 2.00. The van der Waals surface area contributed by atoms with E-state index < -0.39 is 0 Å². The van der Waals surface area contributed by atoms with Crippen LogP contribution in [-0.2, 0) is 9.47 Å². The summed E-state index contributed by atoms with van der Waals surface area (Å²) in [5.41, 5.74) is 0.208. The summed E-state index contributed by atoms with van der Waals surface area (Å²) in [7, 11) is 0. The summed E-state index contributed by atoms with van der Waals surface area (Å²) in [5.74, 6) is 0.989. The first-order chi connectivity index (χ1) is 6.53. The van der Waals surface area contributed by atoms with Gasteiger partial charge in [-0.25, -0.2) is 0 Å². The molecule has 1 aliphatic rings. The molecule has 0 radical (unpaired) electrons. The maximum atomic E-state index is 5.67. The molecule has 1 heterocycles. The van der Waals surface area contributed by atoms with Gasteiger partial charge in [-0.1, -0.05) is 27.2 Å². The molecule has 0 amide bonds. The Hall–Kier alpha value is -0.500. The van der Waals surface area contributed by atoms with Crippen LogP contribution in [-0.4, -0.2) is 12.9 Å². The second-order valence-corrected chi connectivity index (χ2v) is 4.72. The molecular formula is C12H22O2.